The molecular formula is C24H28N2O3. The Hall–Kier alpha value is -2.84. The molecule has 0 spiro atoms. The first kappa shape index (κ1) is 20.9. The number of hydrogen-bond donors (Lipinski definition) is 1. The molecular weight excluding hydrogens is 364 g/mol. The van der Waals surface area contributed by atoms with Crippen LogP contribution in [0.15, 0.2) is 36.4 Å². The number of carboxylic acid groups (broad SMARTS) is 1. The number of benzene rings is 2. The Morgan fingerprint density at radius 1 is 1.21 bits per heavy atom. The van der Waals surface area contributed by atoms with E-state index in [1.165, 1.54) is 16.7 Å². The van der Waals surface area contributed by atoms with Crippen LogP contribution in [0.5, 0.6) is 5.75 Å². The minimum atomic E-state index is -0.698. The van der Waals surface area contributed by atoms with Crippen molar-refractivity contribution < 1.29 is 14.6 Å². The van der Waals surface area contributed by atoms with Gasteiger partial charge in [0, 0.05) is 19.6 Å². The number of carbonyl (C=O) groups is 1. The van der Waals surface area contributed by atoms with Crippen LogP contribution in [-0.4, -0.2) is 35.2 Å². The summed E-state index contributed by atoms with van der Waals surface area (Å²) < 4.78 is 5.69. The molecule has 0 atom stereocenters. The van der Waals surface area contributed by atoms with Crippen molar-refractivity contribution in [2.24, 2.45) is 5.92 Å². The zero-order valence-electron chi connectivity index (χ0n) is 17.3. The van der Waals surface area contributed by atoms with Gasteiger partial charge in [0.1, 0.15) is 11.8 Å². The Kier molecular flexibility index (Phi) is 6.56. The summed E-state index contributed by atoms with van der Waals surface area (Å²) in [5.41, 5.74) is 5.45. The van der Waals surface area contributed by atoms with Gasteiger partial charge in [0.25, 0.3) is 0 Å². The molecule has 0 aliphatic carbocycles. The fourth-order valence-electron chi connectivity index (χ4n) is 3.65. The van der Waals surface area contributed by atoms with Crippen LogP contribution >= 0.6 is 0 Å². The minimum Gasteiger partial charge on any atom is -0.490 e. The number of nitriles is 1. The van der Waals surface area contributed by atoms with E-state index >= 15 is 0 Å². The van der Waals surface area contributed by atoms with Gasteiger partial charge in [0.15, 0.2) is 0 Å². The normalized spacial score (nSPS) is 14.4. The summed E-state index contributed by atoms with van der Waals surface area (Å²) >= 11 is 0. The third-order valence-corrected chi connectivity index (χ3v) is 5.34. The summed E-state index contributed by atoms with van der Waals surface area (Å²) in [5, 5.41) is 18.4. The first-order valence-electron chi connectivity index (χ1n) is 10.1. The maximum absolute atomic E-state index is 10.9. The number of carboxylic acids is 1. The molecule has 5 heteroatoms. The molecule has 0 bridgehead atoms. The molecule has 5 nitrogen and oxygen atoms in total. The van der Waals surface area contributed by atoms with Crippen LogP contribution in [0, 0.1) is 24.2 Å². The standard InChI is InChI=1S/C24H28N2O3/c1-16(2)29-23-9-7-19(11-21(23)12-25)5-4-18-6-8-20(17(3)10-18)13-26-14-22(15-26)24(27)28/h6-11,16,22H,4-5,13-15H2,1-3H3,(H,27,28). The van der Waals surface area contributed by atoms with Gasteiger partial charge in [-0.2, -0.15) is 5.26 Å². The summed E-state index contributed by atoms with van der Waals surface area (Å²) in [6.45, 7) is 8.08. The molecule has 0 amide bonds. The highest BCUT2D eigenvalue weighted by molar-refractivity contribution is 5.71. The monoisotopic (exact) mass is 392 g/mol. The topological polar surface area (TPSA) is 73.6 Å². The first-order chi connectivity index (χ1) is 13.9. The molecule has 1 aliphatic rings. The van der Waals surface area contributed by atoms with E-state index in [0.29, 0.717) is 24.4 Å². The zero-order valence-corrected chi connectivity index (χ0v) is 17.3. The van der Waals surface area contributed by atoms with Gasteiger partial charge in [0.2, 0.25) is 0 Å². The molecule has 1 N–H and O–H groups in total. The van der Waals surface area contributed by atoms with Crippen molar-refractivity contribution in [1.82, 2.24) is 4.90 Å². The maximum atomic E-state index is 10.9. The molecule has 2 aromatic carbocycles. The molecule has 2 aromatic rings. The second-order valence-electron chi connectivity index (χ2n) is 8.10. The third-order valence-electron chi connectivity index (χ3n) is 5.34. The molecule has 0 unspecified atom stereocenters. The van der Waals surface area contributed by atoms with Crippen LogP contribution in [0.4, 0.5) is 0 Å². The zero-order chi connectivity index (χ0) is 21.0. The molecule has 0 radical (unpaired) electrons. The van der Waals surface area contributed by atoms with E-state index in [9.17, 15) is 10.1 Å². The van der Waals surface area contributed by atoms with Crippen LogP contribution in [0.25, 0.3) is 0 Å². The largest absolute Gasteiger partial charge is 0.490 e. The van der Waals surface area contributed by atoms with Gasteiger partial charge < -0.3 is 9.84 Å². The molecule has 0 saturated carbocycles. The van der Waals surface area contributed by atoms with Gasteiger partial charge in [-0.1, -0.05) is 24.3 Å². The Bertz CT molecular complexity index is 924. The van der Waals surface area contributed by atoms with Gasteiger partial charge in [-0.05, 0) is 68.0 Å². The van der Waals surface area contributed by atoms with Gasteiger partial charge in [-0.15, -0.1) is 0 Å². The average Bonchev–Trinajstić information content (AvgIpc) is 2.64. The Labute approximate surface area is 172 Å². The Balaban J connectivity index is 1.58. The summed E-state index contributed by atoms with van der Waals surface area (Å²) in [4.78, 5) is 13.1. The smallest absolute Gasteiger partial charge is 0.309 e. The molecule has 3 rings (SSSR count). The van der Waals surface area contributed by atoms with E-state index in [0.717, 1.165) is 24.9 Å². The van der Waals surface area contributed by atoms with Crippen molar-refractivity contribution >= 4 is 5.97 Å². The lowest BCUT2D eigenvalue weighted by Gasteiger charge is -2.36. The van der Waals surface area contributed by atoms with E-state index in [2.05, 4.69) is 36.1 Å². The predicted molar refractivity (Wildman–Crippen MR) is 112 cm³/mol. The number of likely N-dealkylation sites (tertiary alicyclic amines) is 1. The second kappa shape index (κ2) is 9.11. The molecule has 29 heavy (non-hydrogen) atoms. The van der Waals surface area contributed by atoms with Crippen LogP contribution in [0.2, 0.25) is 0 Å². The van der Waals surface area contributed by atoms with Gasteiger partial charge in [-0.25, -0.2) is 0 Å². The Morgan fingerprint density at radius 2 is 1.86 bits per heavy atom. The second-order valence-corrected chi connectivity index (χ2v) is 8.10. The van der Waals surface area contributed by atoms with E-state index in [-0.39, 0.29) is 12.0 Å². The third kappa shape index (κ3) is 5.36. The summed E-state index contributed by atoms with van der Waals surface area (Å²) in [6, 6.07) is 14.6. The first-order valence-corrected chi connectivity index (χ1v) is 10.1. The van der Waals surface area contributed by atoms with Crippen LogP contribution in [0.1, 0.15) is 41.7 Å². The van der Waals surface area contributed by atoms with Crippen molar-refractivity contribution in [1.29, 1.82) is 5.26 Å². The van der Waals surface area contributed by atoms with Crippen molar-refractivity contribution in [2.45, 2.75) is 46.3 Å². The highest BCUT2D eigenvalue weighted by atomic mass is 16.5. The van der Waals surface area contributed by atoms with E-state index in [1.54, 1.807) is 0 Å². The predicted octanol–water partition coefficient (Wildman–Crippen LogP) is 3.96. The molecule has 1 saturated heterocycles. The molecule has 1 aliphatic heterocycles. The number of hydrogen-bond acceptors (Lipinski definition) is 4. The highest BCUT2D eigenvalue weighted by Gasteiger charge is 2.32. The van der Waals surface area contributed by atoms with Gasteiger partial charge in [-0.3, -0.25) is 9.69 Å². The number of rotatable bonds is 8. The summed E-state index contributed by atoms with van der Waals surface area (Å²) in [7, 11) is 0. The van der Waals surface area contributed by atoms with Crippen molar-refractivity contribution in [3.05, 3.63) is 64.2 Å². The molecule has 1 heterocycles. The molecule has 152 valence electrons. The van der Waals surface area contributed by atoms with Crippen molar-refractivity contribution in [2.75, 3.05) is 13.1 Å². The lowest BCUT2D eigenvalue weighted by Crippen LogP contribution is -2.49. The Morgan fingerprint density at radius 3 is 2.45 bits per heavy atom. The van der Waals surface area contributed by atoms with E-state index in [4.69, 9.17) is 9.84 Å². The maximum Gasteiger partial charge on any atom is 0.309 e. The van der Waals surface area contributed by atoms with Gasteiger partial charge in [0.05, 0.1) is 17.6 Å². The SMILES string of the molecule is Cc1cc(CCc2ccc(OC(C)C)c(C#N)c2)ccc1CN1CC(C(=O)O)C1. The van der Waals surface area contributed by atoms with Crippen molar-refractivity contribution in [3.63, 3.8) is 0 Å². The minimum absolute atomic E-state index is 0.0423. The lowest BCUT2D eigenvalue weighted by atomic mass is 9.96. The van der Waals surface area contributed by atoms with Crippen LogP contribution in [-0.2, 0) is 24.2 Å². The van der Waals surface area contributed by atoms with Crippen LogP contribution < -0.4 is 4.74 Å². The number of aryl methyl sites for hydroxylation is 3. The molecule has 0 aromatic heterocycles. The van der Waals surface area contributed by atoms with Gasteiger partial charge >= 0.3 is 5.97 Å². The quantitative estimate of drug-likeness (QED) is 0.736. The summed E-state index contributed by atoms with van der Waals surface area (Å²) in [5.74, 6) is -0.274. The van der Waals surface area contributed by atoms with E-state index < -0.39 is 5.97 Å². The fraction of sp³-hybridized carbons (Fsp3) is 0.417. The fourth-order valence-corrected chi connectivity index (χ4v) is 3.65. The summed E-state index contributed by atoms with van der Waals surface area (Å²) in [6.07, 6.45) is 1.81. The lowest BCUT2D eigenvalue weighted by molar-refractivity contribution is -0.147. The average molecular weight is 392 g/mol. The number of ether oxygens (including phenoxy) is 1. The molecule has 1 fully saturated rings. The van der Waals surface area contributed by atoms with Crippen molar-refractivity contribution in [3.8, 4) is 11.8 Å². The number of nitrogens with zero attached hydrogens (tertiary/aromatic N) is 2. The van der Waals surface area contributed by atoms with Crippen LogP contribution in [0.3, 0.4) is 0 Å². The number of aliphatic carboxylic acids is 1. The highest BCUT2D eigenvalue weighted by Crippen LogP contribution is 2.23. The van der Waals surface area contributed by atoms with E-state index in [1.807, 2.05) is 32.0 Å².